The summed E-state index contributed by atoms with van der Waals surface area (Å²) in [5.41, 5.74) is 3.07. The van der Waals surface area contributed by atoms with Gasteiger partial charge in [-0.15, -0.1) is 6.58 Å². The van der Waals surface area contributed by atoms with Gasteiger partial charge in [0.15, 0.2) is 6.29 Å². The van der Waals surface area contributed by atoms with Gasteiger partial charge < -0.3 is 9.47 Å². The van der Waals surface area contributed by atoms with Crippen LogP contribution in [0, 0.1) is 17.1 Å². The molecule has 3 nitrogen and oxygen atoms in total. The van der Waals surface area contributed by atoms with E-state index < -0.39 is 12.1 Å². The van der Waals surface area contributed by atoms with Crippen molar-refractivity contribution in [2.45, 2.75) is 25.0 Å². The molecule has 0 amide bonds. The van der Waals surface area contributed by atoms with E-state index >= 15 is 0 Å². The molecule has 0 saturated carbocycles. The number of benzene rings is 2. The number of hydrogen-bond donors (Lipinski definition) is 0. The van der Waals surface area contributed by atoms with Gasteiger partial charge in [-0.05, 0) is 36.1 Å². The highest BCUT2D eigenvalue weighted by molar-refractivity contribution is 5.35. The quantitative estimate of drug-likeness (QED) is 0.746. The molecule has 0 aliphatic carbocycles. The molecule has 1 saturated heterocycles. The summed E-state index contributed by atoms with van der Waals surface area (Å²) in [5.74, 6) is -0.539. The monoisotopic (exact) mass is 337 g/mol. The molecule has 25 heavy (non-hydrogen) atoms. The second-order valence-corrected chi connectivity index (χ2v) is 6.12. The Morgan fingerprint density at radius 2 is 1.80 bits per heavy atom. The van der Waals surface area contributed by atoms with Gasteiger partial charge in [-0.25, -0.2) is 4.39 Å². The van der Waals surface area contributed by atoms with E-state index in [0.29, 0.717) is 13.2 Å². The van der Waals surface area contributed by atoms with Crippen molar-refractivity contribution in [2.24, 2.45) is 0 Å². The van der Waals surface area contributed by atoms with E-state index in [1.165, 1.54) is 17.7 Å². The standard InChI is InChI=1S/C21H20FNO2/c1-2-3-4-15-5-7-16(8-6-15)21-24-13-19(14-25-21)17-9-10-18(12-23)20(22)11-17/h2,5-11,19,21H,1,3-4,13-14H2. The molecule has 3 rings (SSSR count). The van der Waals surface area contributed by atoms with Gasteiger partial charge in [0.05, 0.1) is 18.8 Å². The van der Waals surface area contributed by atoms with Crippen LogP contribution in [0.4, 0.5) is 4.39 Å². The Morgan fingerprint density at radius 3 is 2.40 bits per heavy atom. The summed E-state index contributed by atoms with van der Waals surface area (Å²) in [6.07, 6.45) is 3.45. The van der Waals surface area contributed by atoms with Crippen molar-refractivity contribution < 1.29 is 13.9 Å². The van der Waals surface area contributed by atoms with Crippen molar-refractivity contribution in [1.29, 1.82) is 5.26 Å². The first kappa shape index (κ1) is 17.3. The summed E-state index contributed by atoms with van der Waals surface area (Å²) in [7, 11) is 0. The van der Waals surface area contributed by atoms with Gasteiger partial charge in [-0.2, -0.15) is 5.26 Å². The van der Waals surface area contributed by atoms with E-state index in [1.54, 1.807) is 6.07 Å². The number of aryl methyl sites for hydroxylation is 1. The predicted molar refractivity (Wildman–Crippen MR) is 93.5 cm³/mol. The molecule has 4 heteroatoms. The minimum Gasteiger partial charge on any atom is -0.348 e. The molecule has 1 heterocycles. The number of allylic oxidation sites excluding steroid dienone is 1. The van der Waals surface area contributed by atoms with Gasteiger partial charge in [0.1, 0.15) is 11.9 Å². The van der Waals surface area contributed by atoms with Crippen LogP contribution in [-0.2, 0) is 15.9 Å². The third-order valence-electron chi connectivity index (χ3n) is 4.37. The molecule has 0 aromatic heterocycles. The summed E-state index contributed by atoms with van der Waals surface area (Å²) in [6.45, 7) is 4.64. The number of halogens is 1. The molecule has 0 N–H and O–H groups in total. The van der Waals surface area contributed by atoms with Crippen LogP contribution in [0.25, 0.3) is 0 Å². The van der Waals surface area contributed by atoms with Gasteiger partial charge in [-0.3, -0.25) is 0 Å². The zero-order valence-electron chi connectivity index (χ0n) is 14.0. The topological polar surface area (TPSA) is 42.2 Å². The van der Waals surface area contributed by atoms with E-state index in [1.807, 2.05) is 24.3 Å². The van der Waals surface area contributed by atoms with E-state index in [0.717, 1.165) is 24.0 Å². The zero-order valence-corrected chi connectivity index (χ0v) is 14.0. The molecule has 1 aliphatic rings. The summed E-state index contributed by atoms with van der Waals surface area (Å²) < 4.78 is 25.4. The van der Waals surface area contributed by atoms with Crippen molar-refractivity contribution >= 4 is 0 Å². The molecule has 0 radical (unpaired) electrons. The number of hydrogen-bond acceptors (Lipinski definition) is 3. The van der Waals surface area contributed by atoms with Crippen LogP contribution in [-0.4, -0.2) is 13.2 Å². The Kier molecular flexibility index (Phi) is 5.60. The average molecular weight is 337 g/mol. The molecule has 1 aliphatic heterocycles. The molecule has 1 fully saturated rings. The fraction of sp³-hybridized carbons (Fsp3) is 0.286. The molecule has 128 valence electrons. The van der Waals surface area contributed by atoms with Crippen molar-refractivity contribution in [1.82, 2.24) is 0 Å². The van der Waals surface area contributed by atoms with E-state index in [9.17, 15) is 4.39 Å². The average Bonchev–Trinajstić information content (AvgIpc) is 2.67. The van der Waals surface area contributed by atoms with Crippen molar-refractivity contribution in [2.75, 3.05) is 13.2 Å². The second kappa shape index (κ2) is 8.06. The molecule has 2 aromatic rings. The SMILES string of the molecule is C=CCCc1ccc(C2OCC(c3ccc(C#N)c(F)c3)CO2)cc1. The molecule has 2 aromatic carbocycles. The largest absolute Gasteiger partial charge is 0.348 e. The first-order valence-electron chi connectivity index (χ1n) is 8.33. The summed E-state index contributed by atoms with van der Waals surface area (Å²) in [4.78, 5) is 0. The van der Waals surface area contributed by atoms with Crippen molar-refractivity contribution in [3.63, 3.8) is 0 Å². The van der Waals surface area contributed by atoms with Gasteiger partial charge in [0.25, 0.3) is 0 Å². The Morgan fingerprint density at radius 1 is 1.12 bits per heavy atom. The first-order valence-corrected chi connectivity index (χ1v) is 8.33. The lowest BCUT2D eigenvalue weighted by Gasteiger charge is -2.30. The molecular weight excluding hydrogens is 317 g/mol. The van der Waals surface area contributed by atoms with Crippen LogP contribution in [0.2, 0.25) is 0 Å². The van der Waals surface area contributed by atoms with E-state index in [-0.39, 0.29) is 11.5 Å². The van der Waals surface area contributed by atoms with Crippen LogP contribution >= 0.6 is 0 Å². The van der Waals surface area contributed by atoms with Gasteiger partial charge in [-0.1, -0.05) is 36.4 Å². The summed E-state index contributed by atoms with van der Waals surface area (Å²) in [6, 6.07) is 14.7. The maximum absolute atomic E-state index is 13.8. The van der Waals surface area contributed by atoms with Gasteiger partial charge in [0, 0.05) is 11.5 Å². The van der Waals surface area contributed by atoms with Gasteiger partial charge in [0.2, 0.25) is 0 Å². The number of ether oxygens (including phenoxy) is 2. The van der Waals surface area contributed by atoms with Crippen LogP contribution < -0.4 is 0 Å². The zero-order chi connectivity index (χ0) is 17.6. The fourth-order valence-corrected chi connectivity index (χ4v) is 2.87. The van der Waals surface area contributed by atoms with Crippen LogP contribution in [0.1, 0.15) is 40.9 Å². The highest BCUT2D eigenvalue weighted by atomic mass is 19.1. The Labute approximate surface area is 147 Å². The normalized spacial score (nSPS) is 20.0. The maximum Gasteiger partial charge on any atom is 0.183 e. The molecular formula is C21H20FNO2. The predicted octanol–water partition coefficient (Wildman–Crippen LogP) is 4.65. The Balaban J connectivity index is 1.61. The number of nitrogens with zero attached hydrogens (tertiary/aromatic N) is 1. The Bertz CT molecular complexity index is 771. The Hall–Kier alpha value is -2.48. The highest BCUT2D eigenvalue weighted by Crippen LogP contribution is 2.30. The highest BCUT2D eigenvalue weighted by Gasteiger charge is 2.25. The first-order chi connectivity index (χ1) is 12.2. The minimum absolute atomic E-state index is 0.0367. The lowest BCUT2D eigenvalue weighted by atomic mass is 9.98. The van der Waals surface area contributed by atoms with E-state index in [2.05, 4.69) is 18.7 Å². The molecule has 0 spiro atoms. The smallest absolute Gasteiger partial charge is 0.183 e. The summed E-state index contributed by atoms with van der Waals surface area (Å²) in [5, 5.41) is 8.80. The molecule has 0 atom stereocenters. The number of nitriles is 1. The molecule has 0 bridgehead atoms. The van der Waals surface area contributed by atoms with Crippen molar-refractivity contribution in [3.8, 4) is 6.07 Å². The minimum atomic E-state index is -0.503. The lowest BCUT2D eigenvalue weighted by molar-refractivity contribution is -0.191. The fourth-order valence-electron chi connectivity index (χ4n) is 2.87. The van der Waals surface area contributed by atoms with Crippen LogP contribution in [0.15, 0.2) is 55.1 Å². The maximum atomic E-state index is 13.8. The van der Waals surface area contributed by atoms with E-state index in [4.69, 9.17) is 14.7 Å². The molecule has 0 unspecified atom stereocenters. The van der Waals surface area contributed by atoms with Crippen LogP contribution in [0.3, 0.4) is 0 Å². The van der Waals surface area contributed by atoms with Crippen molar-refractivity contribution in [3.05, 3.63) is 83.2 Å². The number of rotatable bonds is 5. The third kappa shape index (κ3) is 4.14. The lowest BCUT2D eigenvalue weighted by Crippen LogP contribution is -2.25. The summed E-state index contributed by atoms with van der Waals surface area (Å²) >= 11 is 0. The second-order valence-electron chi connectivity index (χ2n) is 6.12. The van der Waals surface area contributed by atoms with Crippen LogP contribution in [0.5, 0.6) is 0 Å². The third-order valence-corrected chi connectivity index (χ3v) is 4.37. The van der Waals surface area contributed by atoms with Gasteiger partial charge >= 0.3 is 0 Å².